The fraction of sp³-hybridized carbons (Fsp3) is 0.238. The summed E-state index contributed by atoms with van der Waals surface area (Å²) in [6.07, 6.45) is 1.09. The second-order valence-corrected chi connectivity index (χ2v) is 6.26. The highest BCUT2D eigenvalue weighted by molar-refractivity contribution is 6.18. The smallest absolute Gasteiger partial charge is 0.00208 e. The molecule has 3 aromatic carbocycles. The molecule has 0 aliphatic heterocycles. The van der Waals surface area contributed by atoms with Crippen LogP contribution in [0.5, 0.6) is 0 Å². The van der Waals surface area contributed by atoms with Gasteiger partial charge in [0.05, 0.1) is 0 Å². The predicted molar refractivity (Wildman–Crippen MR) is 92.0 cm³/mol. The van der Waals surface area contributed by atoms with Crippen LogP contribution in [0.1, 0.15) is 29.2 Å². The summed E-state index contributed by atoms with van der Waals surface area (Å²) >= 11 is 0. The minimum absolute atomic E-state index is 1.09. The zero-order valence-corrected chi connectivity index (χ0v) is 13.2. The van der Waals surface area contributed by atoms with Crippen LogP contribution in [0.3, 0.4) is 0 Å². The van der Waals surface area contributed by atoms with Gasteiger partial charge in [0.2, 0.25) is 0 Å². The first-order chi connectivity index (χ1) is 10.1. The van der Waals surface area contributed by atoms with Crippen LogP contribution in [0.2, 0.25) is 0 Å². The molecule has 0 heterocycles. The average molecular weight is 272 g/mol. The molecule has 104 valence electrons. The molecule has 0 radical (unpaired) electrons. The van der Waals surface area contributed by atoms with Gasteiger partial charge in [-0.15, -0.1) is 0 Å². The first kappa shape index (κ1) is 12.6. The van der Waals surface area contributed by atoms with E-state index in [4.69, 9.17) is 0 Å². The molecule has 21 heavy (non-hydrogen) atoms. The summed E-state index contributed by atoms with van der Waals surface area (Å²) in [6.45, 7) is 9.00. The van der Waals surface area contributed by atoms with Crippen molar-refractivity contribution in [3.63, 3.8) is 0 Å². The van der Waals surface area contributed by atoms with Crippen molar-refractivity contribution in [2.75, 3.05) is 0 Å². The lowest BCUT2D eigenvalue weighted by atomic mass is 9.91. The second kappa shape index (κ2) is 4.21. The lowest BCUT2D eigenvalue weighted by Crippen LogP contribution is -1.91. The van der Waals surface area contributed by atoms with E-state index in [1.54, 1.807) is 0 Å². The largest absolute Gasteiger partial charge is 0.0613 e. The standard InChI is InChI=1S/C21H20/c1-5-15-9-6-12(2)17-18-13(3)7-10-16-11-8-14(4)19(20(15)17)21(16)18/h6-11H,5H2,1-4H3. The lowest BCUT2D eigenvalue weighted by molar-refractivity contribution is 1.14. The molecule has 0 unspecified atom stereocenters. The highest BCUT2D eigenvalue weighted by atomic mass is 14.3. The summed E-state index contributed by atoms with van der Waals surface area (Å²) in [6, 6.07) is 13.7. The Morgan fingerprint density at radius 2 is 1.14 bits per heavy atom. The Bertz CT molecular complexity index is 893. The summed E-state index contributed by atoms with van der Waals surface area (Å²) < 4.78 is 0. The number of fused-ring (bicyclic) bond motifs is 3. The predicted octanol–water partition coefficient (Wildman–Crippen LogP) is 5.97. The van der Waals surface area contributed by atoms with E-state index in [0.29, 0.717) is 0 Å². The van der Waals surface area contributed by atoms with Gasteiger partial charge in [0.1, 0.15) is 0 Å². The fourth-order valence-electron chi connectivity index (χ4n) is 3.92. The molecular formula is C21H20. The van der Waals surface area contributed by atoms with Gasteiger partial charge >= 0.3 is 0 Å². The molecule has 0 amide bonds. The zero-order chi connectivity index (χ0) is 14.7. The van der Waals surface area contributed by atoms with E-state index in [1.807, 2.05) is 0 Å². The van der Waals surface area contributed by atoms with E-state index < -0.39 is 0 Å². The van der Waals surface area contributed by atoms with Gasteiger partial charge in [-0.25, -0.2) is 0 Å². The van der Waals surface area contributed by atoms with Crippen molar-refractivity contribution >= 4 is 10.8 Å². The third-order valence-corrected chi connectivity index (χ3v) is 4.98. The van der Waals surface area contributed by atoms with Crippen LogP contribution in [0.4, 0.5) is 0 Å². The first-order valence-electron chi connectivity index (χ1n) is 7.79. The van der Waals surface area contributed by atoms with E-state index in [1.165, 1.54) is 55.3 Å². The van der Waals surface area contributed by atoms with Crippen molar-refractivity contribution in [1.29, 1.82) is 0 Å². The fourth-order valence-corrected chi connectivity index (χ4v) is 3.92. The average Bonchev–Trinajstić information content (AvgIpc) is 2.85. The topological polar surface area (TPSA) is 0 Å². The van der Waals surface area contributed by atoms with Crippen molar-refractivity contribution in [3.8, 4) is 22.3 Å². The summed E-state index contributed by atoms with van der Waals surface area (Å²) in [5, 5.41) is 2.84. The summed E-state index contributed by atoms with van der Waals surface area (Å²) in [5.41, 5.74) is 11.6. The molecule has 0 fully saturated rings. The zero-order valence-electron chi connectivity index (χ0n) is 13.2. The molecule has 0 saturated heterocycles. The summed E-state index contributed by atoms with van der Waals surface area (Å²) in [7, 11) is 0. The normalized spacial score (nSPS) is 12.0. The molecule has 0 aromatic heterocycles. The summed E-state index contributed by atoms with van der Waals surface area (Å²) in [4.78, 5) is 0. The van der Waals surface area contributed by atoms with Crippen molar-refractivity contribution in [1.82, 2.24) is 0 Å². The maximum Gasteiger partial charge on any atom is -0.00208 e. The SMILES string of the molecule is CCc1ccc(C)c2c1-c1c(C)ccc3ccc(C)c-2c13. The highest BCUT2D eigenvalue weighted by Gasteiger charge is 2.27. The molecule has 1 aliphatic rings. The van der Waals surface area contributed by atoms with Gasteiger partial charge in [0.25, 0.3) is 0 Å². The summed E-state index contributed by atoms with van der Waals surface area (Å²) in [5.74, 6) is 0. The van der Waals surface area contributed by atoms with Crippen molar-refractivity contribution in [2.24, 2.45) is 0 Å². The monoisotopic (exact) mass is 272 g/mol. The van der Waals surface area contributed by atoms with E-state index >= 15 is 0 Å². The van der Waals surface area contributed by atoms with Gasteiger partial charge < -0.3 is 0 Å². The maximum absolute atomic E-state index is 2.31. The molecular weight excluding hydrogens is 252 g/mol. The van der Waals surface area contributed by atoms with Gasteiger partial charge in [-0.2, -0.15) is 0 Å². The Labute approximate surface area is 126 Å². The minimum atomic E-state index is 1.09. The maximum atomic E-state index is 2.31. The van der Waals surface area contributed by atoms with Crippen molar-refractivity contribution < 1.29 is 0 Å². The number of hydrogen-bond donors (Lipinski definition) is 0. The number of hydrogen-bond acceptors (Lipinski definition) is 0. The molecule has 0 saturated carbocycles. The molecule has 0 bridgehead atoms. The van der Waals surface area contributed by atoms with Crippen molar-refractivity contribution in [3.05, 3.63) is 58.7 Å². The highest BCUT2D eigenvalue weighted by Crippen LogP contribution is 2.52. The second-order valence-electron chi connectivity index (χ2n) is 6.26. The van der Waals surface area contributed by atoms with Gasteiger partial charge in [-0.05, 0) is 82.5 Å². The molecule has 1 aliphatic carbocycles. The molecule has 0 atom stereocenters. The van der Waals surface area contributed by atoms with Gasteiger partial charge in [-0.1, -0.05) is 43.3 Å². The molecule has 0 spiro atoms. The first-order valence-corrected chi connectivity index (χ1v) is 7.79. The van der Waals surface area contributed by atoms with Crippen LogP contribution in [0.25, 0.3) is 33.0 Å². The van der Waals surface area contributed by atoms with Crippen LogP contribution in [0.15, 0.2) is 36.4 Å². The van der Waals surface area contributed by atoms with E-state index in [-0.39, 0.29) is 0 Å². The van der Waals surface area contributed by atoms with Gasteiger partial charge in [-0.3, -0.25) is 0 Å². The van der Waals surface area contributed by atoms with Crippen LogP contribution < -0.4 is 0 Å². The number of aryl methyl sites for hydroxylation is 4. The van der Waals surface area contributed by atoms with Gasteiger partial charge in [0, 0.05) is 0 Å². The van der Waals surface area contributed by atoms with E-state index in [0.717, 1.165) is 6.42 Å². The van der Waals surface area contributed by atoms with E-state index in [9.17, 15) is 0 Å². The Morgan fingerprint density at radius 1 is 0.619 bits per heavy atom. The molecule has 0 nitrogen and oxygen atoms in total. The van der Waals surface area contributed by atoms with E-state index in [2.05, 4.69) is 64.1 Å². The molecule has 0 heteroatoms. The lowest BCUT2D eigenvalue weighted by Gasteiger charge is -2.13. The third-order valence-electron chi connectivity index (χ3n) is 4.98. The van der Waals surface area contributed by atoms with Gasteiger partial charge in [0.15, 0.2) is 0 Å². The Morgan fingerprint density at radius 3 is 1.76 bits per heavy atom. The molecule has 3 aromatic rings. The quantitative estimate of drug-likeness (QED) is 0.400. The van der Waals surface area contributed by atoms with Crippen LogP contribution >= 0.6 is 0 Å². The minimum Gasteiger partial charge on any atom is -0.0613 e. The third kappa shape index (κ3) is 1.51. The molecule has 0 N–H and O–H groups in total. The van der Waals surface area contributed by atoms with Crippen LogP contribution in [-0.4, -0.2) is 0 Å². The Balaban J connectivity index is 2.32. The Hall–Kier alpha value is -2.08. The van der Waals surface area contributed by atoms with Crippen molar-refractivity contribution in [2.45, 2.75) is 34.1 Å². The molecule has 4 rings (SSSR count). The number of benzene rings is 3. The Kier molecular flexibility index (Phi) is 2.53. The number of rotatable bonds is 1. The van der Waals surface area contributed by atoms with Crippen LogP contribution in [0, 0.1) is 20.8 Å². The van der Waals surface area contributed by atoms with Crippen LogP contribution in [-0.2, 0) is 6.42 Å².